The standard InChI is InChI=1S/C13H20N2O/c1-9-7-12(13(16-3)8-14-9)15-10(2)6-11-4-5-11/h7-8,10-11H,4-6H2,1-3H3,(H,14,15). The van der Waals surface area contributed by atoms with Gasteiger partial charge in [0.2, 0.25) is 0 Å². The molecule has 0 aromatic carbocycles. The van der Waals surface area contributed by atoms with E-state index in [1.165, 1.54) is 19.3 Å². The lowest BCUT2D eigenvalue weighted by atomic mass is 10.1. The molecule has 1 fully saturated rings. The van der Waals surface area contributed by atoms with Crippen molar-refractivity contribution in [1.29, 1.82) is 0 Å². The van der Waals surface area contributed by atoms with Gasteiger partial charge in [-0.15, -0.1) is 0 Å². The van der Waals surface area contributed by atoms with Crippen LogP contribution >= 0.6 is 0 Å². The molecule has 1 N–H and O–H groups in total. The molecule has 1 aliphatic carbocycles. The SMILES string of the molecule is COc1cnc(C)cc1NC(C)CC1CC1. The van der Waals surface area contributed by atoms with Crippen molar-refractivity contribution in [3.8, 4) is 5.75 Å². The fourth-order valence-electron chi connectivity index (χ4n) is 2.00. The summed E-state index contributed by atoms with van der Waals surface area (Å²) in [4.78, 5) is 4.23. The van der Waals surface area contributed by atoms with Gasteiger partial charge in [-0.2, -0.15) is 0 Å². The Kier molecular flexibility index (Phi) is 3.32. The molecular formula is C13H20N2O. The normalized spacial score (nSPS) is 16.9. The predicted molar refractivity (Wildman–Crippen MR) is 66.0 cm³/mol. The minimum atomic E-state index is 0.503. The molecule has 88 valence electrons. The molecule has 1 atom stereocenters. The first kappa shape index (κ1) is 11.2. The molecule has 1 aromatic rings. The highest BCUT2D eigenvalue weighted by atomic mass is 16.5. The molecule has 1 aliphatic rings. The Bertz CT molecular complexity index is 361. The van der Waals surface area contributed by atoms with E-state index in [4.69, 9.17) is 4.74 Å². The molecule has 1 saturated carbocycles. The molecule has 0 saturated heterocycles. The summed E-state index contributed by atoms with van der Waals surface area (Å²) in [6, 6.07) is 2.55. The van der Waals surface area contributed by atoms with Crippen molar-refractivity contribution >= 4 is 5.69 Å². The number of hydrogen-bond acceptors (Lipinski definition) is 3. The van der Waals surface area contributed by atoms with Crippen LogP contribution < -0.4 is 10.1 Å². The Morgan fingerprint density at radius 2 is 2.31 bits per heavy atom. The Labute approximate surface area is 97.2 Å². The number of methoxy groups -OCH3 is 1. The van der Waals surface area contributed by atoms with Crippen molar-refractivity contribution in [1.82, 2.24) is 4.98 Å². The quantitative estimate of drug-likeness (QED) is 0.828. The molecule has 0 spiro atoms. The van der Waals surface area contributed by atoms with E-state index in [1.807, 2.05) is 13.0 Å². The molecule has 1 heterocycles. The van der Waals surface area contributed by atoms with Crippen LogP contribution in [-0.2, 0) is 0 Å². The number of pyridine rings is 1. The molecular weight excluding hydrogens is 200 g/mol. The largest absolute Gasteiger partial charge is 0.493 e. The monoisotopic (exact) mass is 220 g/mol. The second-order valence-electron chi connectivity index (χ2n) is 4.75. The zero-order chi connectivity index (χ0) is 11.5. The van der Waals surface area contributed by atoms with E-state index in [-0.39, 0.29) is 0 Å². The lowest BCUT2D eigenvalue weighted by molar-refractivity contribution is 0.413. The van der Waals surface area contributed by atoms with Crippen LogP contribution in [0.3, 0.4) is 0 Å². The highest BCUT2D eigenvalue weighted by Crippen LogP contribution is 2.34. The minimum Gasteiger partial charge on any atom is -0.493 e. The van der Waals surface area contributed by atoms with Crippen LogP contribution in [0.5, 0.6) is 5.75 Å². The number of nitrogens with zero attached hydrogens (tertiary/aromatic N) is 1. The Balaban J connectivity index is 2.02. The van der Waals surface area contributed by atoms with Crippen LogP contribution in [0.15, 0.2) is 12.3 Å². The summed E-state index contributed by atoms with van der Waals surface area (Å²) >= 11 is 0. The highest BCUT2D eigenvalue weighted by molar-refractivity contribution is 5.56. The highest BCUT2D eigenvalue weighted by Gasteiger charge is 2.23. The topological polar surface area (TPSA) is 34.1 Å². The molecule has 0 bridgehead atoms. The van der Waals surface area contributed by atoms with E-state index in [1.54, 1.807) is 13.3 Å². The lowest BCUT2D eigenvalue weighted by Crippen LogP contribution is -2.16. The summed E-state index contributed by atoms with van der Waals surface area (Å²) in [7, 11) is 1.68. The fraction of sp³-hybridized carbons (Fsp3) is 0.615. The molecule has 1 unspecified atom stereocenters. The van der Waals surface area contributed by atoms with E-state index in [2.05, 4.69) is 17.2 Å². The van der Waals surface area contributed by atoms with Gasteiger partial charge in [0.1, 0.15) is 0 Å². The molecule has 3 nitrogen and oxygen atoms in total. The van der Waals surface area contributed by atoms with Gasteiger partial charge in [-0.3, -0.25) is 4.98 Å². The molecule has 1 aromatic heterocycles. The maximum absolute atomic E-state index is 5.30. The number of aromatic nitrogens is 1. The molecule has 0 radical (unpaired) electrons. The van der Waals surface area contributed by atoms with Crippen LogP contribution in [0.25, 0.3) is 0 Å². The van der Waals surface area contributed by atoms with Crippen LogP contribution in [0, 0.1) is 12.8 Å². The first-order valence-corrected chi connectivity index (χ1v) is 5.96. The summed E-state index contributed by atoms with van der Waals surface area (Å²) in [6.45, 7) is 4.23. The van der Waals surface area contributed by atoms with E-state index < -0.39 is 0 Å². The van der Waals surface area contributed by atoms with Crippen molar-refractivity contribution in [3.05, 3.63) is 18.0 Å². The second-order valence-corrected chi connectivity index (χ2v) is 4.75. The maximum atomic E-state index is 5.30. The third-order valence-electron chi connectivity index (χ3n) is 3.01. The average Bonchev–Trinajstić information content (AvgIpc) is 3.02. The number of hydrogen-bond donors (Lipinski definition) is 1. The van der Waals surface area contributed by atoms with Crippen LogP contribution in [0.2, 0.25) is 0 Å². The third-order valence-corrected chi connectivity index (χ3v) is 3.01. The second kappa shape index (κ2) is 4.73. The summed E-state index contributed by atoms with van der Waals surface area (Å²) in [5.41, 5.74) is 2.07. The third kappa shape index (κ3) is 2.87. The first-order chi connectivity index (χ1) is 7.69. The predicted octanol–water partition coefficient (Wildman–Crippen LogP) is 3.00. The Hall–Kier alpha value is -1.25. The van der Waals surface area contributed by atoms with Gasteiger partial charge in [-0.05, 0) is 32.3 Å². The van der Waals surface area contributed by atoms with Gasteiger partial charge in [-0.1, -0.05) is 12.8 Å². The van der Waals surface area contributed by atoms with E-state index in [9.17, 15) is 0 Å². The number of rotatable bonds is 5. The van der Waals surface area contributed by atoms with Crippen molar-refractivity contribution in [2.45, 2.75) is 39.2 Å². The zero-order valence-corrected chi connectivity index (χ0v) is 10.3. The number of aryl methyl sites for hydroxylation is 1. The van der Waals surface area contributed by atoms with Crippen molar-refractivity contribution in [3.63, 3.8) is 0 Å². The first-order valence-electron chi connectivity index (χ1n) is 5.96. The maximum Gasteiger partial charge on any atom is 0.160 e. The van der Waals surface area contributed by atoms with Crippen LogP contribution in [0.1, 0.15) is 31.9 Å². The molecule has 2 rings (SSSR count). The summed E-state index contributed by atoms with van der Waals surface area (Å²) in [5.74, 6) is 1.77. The van der Waals surface area contributed by atoms with Gasteiger partial charge >= 0.3 is 0 Å². The molecule has 0 aliphatic heterocycles. The molecule has 0 amide bonds. The van der Waals surface area contributed by atoms with Crippen molar-refractivity contribution in [2.75, 3.05) is 12.4 Å². The van der Waals surface area contributed by atoms with E-state index >= 15 is 0 Å². The van der Waals surface area contributed by atoms with Gasteiger partial charge in [0.15, 0.2) is 5.75 Å². The average molecular weight is 220 g/mol. The number of anilines is 1. The van der Waals surface area contributed by atoms with Crippen LogP contribution in [-0.4, -0.2) is 18.1 Å². The zero-order valence-electron chi connectivity index (χ0n) is 10.3. The Morgan fingerprint density at radius 3 is 2.94 bits per heavy atom. The van der Waals surface area contributed by atoms with E-state index in [0.29, 0.717) is 6.04 Å². The van der Waals surface area contributed by atoms with Crippen LogP contribution in [0.4, 0.5) is 5.69 Å². The van der Waals surface area contributed by atoms with Gasteiger partial charge in [0.05, 0.1) is 19.0 Å². The fourth-order valence-corrected chi connectivity index (χ4v) is 2.00. The van der Waals surface area contributed by atoms with Gasteiger partial charge < -0.3 is 10.1 Å². The lowest BCUT2D eigenvalue weighted by Gasteiger charge is -2.17. The molecule has 3 heteroatoms. The van der Waals surface area contributed by atoms with Gasteiger partial charge in [-0.25, -0.2) is 0 Å². The smallest absolute Gasteiger partial charge is 0.160 e. The minimum absolute atomic E-state index is 0.503. The number of ether oxygens (including phenoxy) is 1. The van der Waals surface area contributed by atoms with E-state index in [0.717, 1.165) is 23.0 Å². The number of nitrogens with one attached hydrogen (secondary N) is 1. The molecule has 16 heavy (non-hydrogen) atoms. The Morgan fingerprint density at radius 1 is 1.56 bits per heavy atom. The van der Waals surface area contributed by atoms with Gasteiger partial charge in [0, 0.05) is 11.7 Å². The summed E-state index contributed by atoms with van der Waals surface area (Å²) in [6.07, 6.45) is 5.84. The van der Waals surface area contributed by atoms with Crippen molar-refractivity contribution < 1.29 is 4.74 Å². The summed E-state index contributed by atoms with van der Waals surface area (Å²) in [5, 5.41) is 3.51. The van der Waals surface area contributed by atoms with Crippen molar-refractivity contribution in [2.24, 2.45) is 5.92 Å². The van der Waals surface area contributed by atoms with Gasteiger partial charge in [0.25, 0.3) is 0 Å². The summed E-state index contributed by atoms with van der Waals surface area (Å²) < 4.78 is 5.30.